The molecule has 2 aliphatic rings. The summed E-state index contributed by atoms with van der Waals surface area (Å²) >= 11 is 0. The molecule has 33 heavy (non-hydrogen) atoms. The van der Waals surface area contributed by atoms with E-state index >= 15 is 0 Å². The van der Waals surface area contributed by atoms with Crippen LogP contribution < -0.4 is 0 Å². The minimum Gasteiger partial charge on any atom is -0.340 e. The number of sulfonamides is 1. The molecule has 0 radical (unpaired) electrons. The van der Waals surface area contributed by atoms with Crippen LogP contribution in [0.4, 0.5) is 0 Å². The van der Waals surface area contributed by atoms with Gasteiger partial charge in [0.15, 0.2) is 0 Å². The molecular weight excluding hydrogens is 442 g/mol. The summed E-state index contributed by atoms with van der Waals surface area (Å²) in [4.78, 5) is 17.8. The van der Waals surface area contributed by atoms with E-state index in [1.165, 1.54) is 16.1 Å². The van der Waals surface area contributed by atoms with Crippen LogP contribution in [0.15, 0.2) is 17.3 Å². The maximum Gasteiger partial charge on any atom is 0.246 e. The maximum absolute atomic E-state index is 13.3. The standard InChI is InChI=1S/C22H35N7O3S/c1-5-28-15-20(17(2)24-28)14-26-9-11-27(12-10-26)22(30)19-7-6-8-29(16-19)33(31,32)21-13-23-25(4)18(21)3/h13,15,19H,5-12,14,16H2,1-4H3/t19-/m0/s1. The van der Waals surface area contributed by atoms with Gasteiger partial charge in [-0.2, -0.15) is 14.5 Å². The number of piperidine rings is 1. The molecule has 2 aromatic rings. The number of carbonyl (C=O) groups excluding carboxylic acids is 1. The number of hydrogen-bond donors (Lipinski definition) is 0. The highest BCUT2D eigenvalue weighted by molar-refractivity contribution is 7.89. The van der Waals surface area contributed by atoms with Crippen molar-refractivity contribution >= 4 is 15.9 Å². The molecule has 0 spiro atoms. The van der Waals surface area contributed by atoms with Crippen LogP contribution in [0.25, 0.3) is 0 Å². The lowest BCUT2D eigenvalue weighted by Crippen LogP contribution is -2.52. The first-order valence-electron chi connectivity index (χ1n) is 11.7. The zero-order valence-electron chi connectivity index (χ0n) is 20.1. The Hall–Kier alpha value is -2.24. The van der Waals surface area contributed by atoms with E-state index in [0.29, 0.717) is 31.7 Å². The average Bonchev–Trinajstić information content (AvgIpc) is 3.35. The first-order valence-corrected chi connectivity index (χ1v) is 13.2. The van der Waals surface area contributed by atoms with Crippen molar-refractivity contribution in [1.82, 2.24) is 33.7 Å². The molecule has 1 amide bonds. The summed E-state index contributed by atoms with van der Waals surface area (Å²) in [6.45, 7) is 11.2. The Kier molecular flexibility index (Phi) is 6.92. The fourth-order valence-electron chi connectivity index (χ4n) is 4.73. The van der Waals surface area contributed by atoms with Crippen LogP contribution in [-0.2, 0) is 35.0 Å². The lowest BCUT2D eigenvalue weighted by molar-refractivity contribution is -0.138. The lowest BCUT2D eigenvalue weighted by Gasteiger charge is -2.38. The van der Waals surface area contributed by atoms with E-state index in [0.717, 1.165) is 38.3 Å². The molecule has 0 aromatic carbocycles. The van der Waals surface area contributed by atoms with E-state index in [-0.39, 0.29) is 23.3 Å². The van der Waals surface area contributed by atoms with Crippen molar-refractivity contribution in [1.29, 1.82) is 0 Å². The number of rotatable bonds is 6. The van der Waals surface area contributed by atoms with Crippen LogP contribution >= 0.6 is 0 Å². The summed E-state index contributed by atoms with van der Waals surface area (Å²) in [5.74, 6) is -0.213. The van der Waals surface area contributed by atoms with Gasteiger partial charge in [-0.15, -0.1) is 0 Å². The summed E-state index contributed by atoms with van der Waals surface area (Å²) in [7, 11) is -1.92. The first kappa shape index (κ1) is 23.9. The summed E-state index contributed by atoms with van der Waals surface area (Å²) < 4.78 is 31.3. The van der Waals surface area contributed by atoms with Gasteiger partial charge in [0.05, 0.1) is 23.5 Å². The zero-order chi connectivity index (χ0) is 23.8. The van der Waals surface area contributed by atoms with Crippen LogP contribution in [-0.4, -0.2) is 87.3 Å². The molecule has 0 bridgehead atoms. The van der Waals surface area contributed by atoms with Gasteiger partial charge >= 0.3 is 0 Å². The van der Waals surface area contributed by atoms with Crippen LogP contribution in [0.2, 0.25) is 0 Å². The van der Waals surface area contributed by atoms with Crippen molar-refractivity contribution in [3.8, 4) is 0 Å². The highest BCUT2D eigenvalue weighted by atomic mass is 32.2. The average molecular weight is 478 g/mol. The van der Waals surface area contributed by atoms with Gasteiger partial charge in [-0.3, -0.25) is 19.1 Å². The maximum atomic E-state index is 13.3. The Bertz CT molecular complexity index is 1100. The number of nitrogens with zero attached hydrogens (tertiary/aromatic N) is 7. The lowest BCUT2D eigenvalue weighted by atomic mass is 9.97. The predicted octanol–water partition coefficient (Wildman–Crippen LogP) is 0.998. The smallest absolute Gasteiger partial charge is 0.246 e. The SMILES string of the molecule is CCn1cc(CN2CCN(C(=O)[C@H]3CCCN(S(=O)(=O)c4cnn(C)c4C)C3)CC2)c(C)n1. The quantitative estimate of drug-likeness (QED) is 0.616. The molecule has 4 rings (SSSR count). The van der Waals surface area contributed by atoms with Gasteiger partial charge in [-0.25, -0.2) is 8.42 Å². The minimum absolute atomic E-state index is 0.0763. The Morgan fingerprint density at radius 3 is 2.48 bits per heavy atom. The molecular formula is C22H35N7O3S. The largest absolute Gasteiger partial charge is 0.340 e. The van der Waals surface area contributed by atoms with Crippen LogP contribution in [0.5, 0.6) is 0 Å². The monoisotopic (exact) mass is 477 g/mol. The van der Waals surface area contributed by atoms with Gasteiger partial charge < -0.3 is 4.90 Å². The number of piperazine rings is 1. The predicted molar refractivity (Wildman–Crippen MR) is 124 cm³/mol. The first-order chi connectivity index (χ1) is 15.7. The molecule has 11 heteroatoms. The summed E-state index contributed by atoms with van der Waals surface area (Å²) in [6, 6.07) is 0. The number of aryl methyl sites for hydroxylation is 3. The topological polar surface area (TPSA) is 96.6 Å². The van der Waals surface area contributed by atoms with Gasteiger partial charge in [0.2, 0.25) is 15.9 Å². The fourth-order valence-corrected chi connectivity index (χ4v) is 6.44. The highest BCUT2D eigenvalue weighted by Gasteiger charge is 2.37. The van der Waals surface area contributed by atoms with Gasteiger partial charge in [-0.05, 0) is 33.6 Å². The Morgan fingerprint density at radius 2 is 1.88 bits per heavy atom. The van der Waals surface area contributed by atoms with Crippen molar-refractivity contribution in [2.75, 3.05) is 39.3 Å². The molecule has 182 valence electrons. The normalized spacial score (nSPS) is 21.0. The van der Waals surface area contributed by atoms with Crippen molar-refractivity contribution < 1.29 is 13.2 Å². The Morgan fingerprint density at radius 1 is 1.15 bits per heavy atom. The second-order valence-electron chi connectivity index (χ2n) is 9.12. The molecule has 2 aliphatic heterocycles. The third-order valence-corrected chi connectivity index (χ3v) is 8.96. The van der Waals surface area contributed by atoms with E-state index in [9.17, 15) is 13.2 Å². The second-order valence-corrected chi connectivity index (χ2v) is 11.0. The van der Waals surface area contributed by atoms with Gasteiger partial charge in [0.25, 0.3) is 0 Å². The molecule has 0 N–H and O–H groups in total. The summed E-state index contributed by atoms with van der Waals surface area (Å²) in [6.07, 6.45) is 4.93. The molecule has 4 heterocycles. The van der Waals surface area contributed by atoms with E-state index in [2.05, 4.69) is 28.2 Å². The number of amides is 1. The van der Waals surface area contributed by atoms with E-state index in [1.54, 1.807) is 18.7 Å². The van der Waals surface area contributed by atoms with E-state index in [4.69, 9.17) is 0 Å². The molecule has 0 saturated carbocycles. The molecule has 0 unspecified atom stereocenters. The second kappa shape index (κ2) is 9.55. The summed E-state index contributed by atoms with van der Waals surface area (Å²) in [5, 5.41) is 8.60. The Balaban J connectivity index is 1.35. The molecule has 10 nitrogen and oxygen atoms in total. The van der Waals surface area contributed by atoms with Gasteiger partial charge in [-0.1, -0.05) is 0 Å². The zero-order valence-corrected chi connectivity index (χ0v) is 20.9. The fraction of sp³-hybridized carbons (Fsp3) is 0.682. The Labute approximate surface area is 196 Å². The molecule has 2 saturated heterocycles. The third kappa shape index (κ3) is 4.85. The molecule has 2 fully saturated rings. The third-order valence-electron chi connectivity index (χ3n) is 6.99. The van der Waals surface area contributed by atoms with Gasteiger partial charge in [0.1, 0.15) is 4.90 Å². The van der Waals surface area contributed by atoms with Gasteiger partial charge in [0, 0.05) is 71.2 Å². The number of hydrogen-bond acceptors (Lipinski definition) is 6. The number of aromatic nitrogens is 4. The van der Waals surface area contributed by atoms with E-state index in [1.807, 2.05) is 16.5 Å². The molecule has 0 aliphatic carbocycles. The number of carbonyl (C=O) groups is 1. The molecule has 1 atom stereocenters. The van der Waals surface area contributed by atoms with Crippen molar-refractivity contribution in [3.05, 3.63) is 29.3 Å². The highest BCUT2D eigenvalue weighted by Crippen LogP contribution is 2.27. The van der Waals surface area contributed by atoms with Crippen molar-refractivity contribution in [2.24, 2.45) is 13.0 Å². The van der Waals surface area contributed by atoms with Crippen LogP contribution in [0.3, 0.4) is 0 Å². The summed E-state index contributed by atoms with van der Waals surface area (Å²) in [5.41, 5.74) is 2.90. The van der Waals surface area contributed by atoms with E-state index < -0.39 is 10.0 Å². The molecule has 2 aromatic heterocycles. The van der Waals surface area contributed by atoms with Crippen LogP contribution in [0, 0.1) is 19.8 Å². The van der Waals surface area contributed by atoms with Crippen molar-refractivity contribution in [3.63, 3.8) is 0 Å². The minimum atomic E-state index is -3.65. The van der Waals surface area contributed by atoms with Crippen molar-refractivity contribution in [2.45, 2.75) is 51.6 Å². The van der Waals surface area contributed by atoms with Crippen LogP contribution in [0.1, 0.15) is 36.7 Å².